The lowest BCUT2D eigenvalue weighted by Gasteiger charge is -2.02. The van der Waals surface area contributed by atoms with Gasteiger partial charge in [0.05, 0.1) is 0 Å². The Labute approximate surface area is 143 Å². The van der Waals surface area contributed by atoms with E-state index in [9.17, 15) is 0 Å². The molecule has 0 saturated heterocycles. The standard InChI is InChI=1S/C14H14.C8H9NO/c1-2-12-8-10-14(11-9-12)13-6-4-3-5-7-13;10-7-2-1-6-3-4-9-8(6)5-7/h3-11H,2H2,1H3;1-2,5,9-10H,3-4H2. The second kappa shape index (κ2) is 7.69. The monoisotopic (exact) mass is 317 g/mol. The molecule has 24 heavy (non-hydrogen) atoms. The van der Waals surface area contributed by atoms with Crippen LogP contribution in [0.3, 0.4) is 0 Å². The first-order valence-corrected chi connectivity index (χ1v) is 8.46. The minimum Gasteiger partial charge on any atom is -0.508 e. The van der Waals surface area contributed by atoms with E-state index in [0.29, 0.717) is 5.75 Å². The number of hydrogen-bond donors (Lipinski definition) is 2. The quantitative estimate of drug-likeness (QED) is 0.674. The topological polar surface area (TPSA) is 32.3 Å². The highest BCUT2D eigenvalue weighted by Crippen LogP contribution is 2.25. The van der Waals surface area contributed by atoms with Crippen molar-refractivity contribution < 1.29 is 5.11 Å². The molecule has 0 aromatic heterocycles. The predicted octanol–water partition coefficient (Wildman–Crippen LogP) is 5.28. The van der Waals surface area contributed by atoms with E-state index in [1.54, 1.807) is 12.1 Å². The number of fused-ring (bicyclic) bond motifs is 1. The first kappa shape index (κ1) is 16.1. The molecule has 3 aromatic rings. The average molecular weight is 317 g/mol. The smallest absolute Gasteiger partial charge is 0.117 e. The largest absolute Gasteiger partial charge is 0.508 e. The van der Waals surface area contributed by atoms with Gasteiger partial charge in [0.2, 0.25) is 0 Å². The molecule has 0 amide bonds. The van der Waals surface area contributed by atoms with Gasteiger partial charge in [0.15, 0.2) is 0 Å². The molecule has 1 heterocycles. The van der Waals surface area contributed by atoms with E-state index >= 15 is 0 Å². The van der Waals surface area contributed by atoms with Gasteiger partial charge in [0, 0.05) is 18.3 Å². The second-order valence-corrected chi connectivity index (χ2v) is 5.93. The first-order chi connectivity index (χ1) is 11.8. The van der Waals surface area contributed by atoms with Gasteiger partial charge in [-0.15, -0.1) is 0 Å². The lowest BCUT2D eigenvalue weighted by Crippen LogP contribution is -1.90. The van der Waals surface area contributed by atoms with Gasteiger partial charge in [-0.3, -0.25) is 0 Å². The van der Waals surface area contributed by atoms with Crippen molar-refractivity contribution >= 4 is 5.69 Å². The summed E-state index contributed by atoms with van der Waals surface area (Å²) in [5.74, 6) is 0.341. The maximum atomic E-state index is 9.06. The molecule has 1 aliphatic rings. The average Bonchev–Trinajstić information content (AvgIpc) is 3.11. The third-order valence-electron chi connectivity index (χ3n) is 4.27. The zero-order chi connectivity index (χ0) is 16.8. The normalized spacial score (nSPS) is 11.9. The fraction of sp³-hybridized carbons (Fsp3) is 0.182. The lowest BCUT2D eigenvalue weighted by atomic mass is 10.0. The van der Waals surface area contributed by atoms with Crippen molar-refractivity contribution in [1.29, 1.82) is 0 Å². The molecule has 4 rings (SSSR count). The number of hydrogen-bond acceptors (Lipinski definition) is 2. The number of aromatic hydroxyl groups is 1. The molecular formula is C22H23NO. The number of benzene rings is 3. The lowest BCUT2D eigenvalue weighted by molar-refractivity contribution is 0.475. The van der Waals surface area contributed by atoms with E-state index in [1.165, 1.54) is 22.3 Å². The Morgan fingerprint density at radius 1 is 0.875 bits per heavy atom. The summed E-state index contributed by atoms with van der Waals surface area (Å²) in [6.07, 6.45) is 2.19. The number of rotatable bonds is 2. The number of phenols is 1. The zero-order valence-corrected chi connectivity index (χ0v) is 14.0. The Morgan fingerprint density at radius 3 is 2.29 bits per heavy atom. The molecule has 0 saturated carbocycles. The zero-order valence-electron chi connectivity index (χ0n) is 14.0. The van der Waals surface area contributed by atoms with Gasteiger partial charge < -0.3 is 10.4 Å². The molecule has 2 N–H and O–H groups in total. The van der Waals surface area contributed by atoms with Crippen LogP contribution in [0.5, 0.6) is 5.75 Å². The van der Waals surface area contributed by atoms with E-state index < -0.39 is 0 Å². The summed E-state index contributed by atoms with van der Waals surface area (Å²) in [4.78, 5) is 0. The van der Waals surface area contributed by atoms with Crippen LogP contribution in [0.15, 0.2) is 72.8 Å². The Kier molecular flexibility index (Phi) is 5.17. The highest BCUT2D eigenvalue weighted by molar-refractivity contribution is 5.63. The number of aryl methyl sites for hydroxylation is 1. The van der Waals surface area contributed by atoms with Crippen LogP contribution in [0.1, 0.15) is 18.1 Å². The summed E-state index contributed by atoms with van der Waals surface area (Å²) < 4.78 is 0. The summed E-state index contributed by atoms with van der Waals surface area (Å²) in [6.45, 7) is 3.18. The molecule has 0 fully saturated rings. The number of anilines is 1. The second-order valence-electron chi connectivity index (χ2n) is 5.93. The van der Waals surface area contributed by atoms with Gasteiger partial charge >= 0.3 is 0 Å². The van der Waals surface area contributed by atoms with Crippen molar-refractivity contribution in [3.8, 4) is 16.9 Å². The Morgan fingerprint density at radius 2 is 1.58 bits per heavy atom. The van der Waals surface area contributed by atoms with Gasteiger partial charge in [-0.25, -0.2) is 0 Å². The molecule has 0 unspecified atom stereocenters. The molecule has 0 atom stereocenters. The Hall–Kier alpha value is -2.74. The molecule has 0 spiro atoms. The highest BCUT2D eigenvalue weighted by atomic mass is 16.3. The van der Waals surface area contributed by atoms with Crippen molar-refractivity contribution in [1.82, 2.24) is 0 Å². The van der Waals surface area contributed by atoms with Gasteiger partial charge in [-0.1, -0.05) is 67.6 Å². The molecule has 0 aliphatic carbocycles. The third-order valence-corrected chi connectivity index (χ3v) is 4.27. The van der Waals surface area contributed by atoms with Crippen molar-refractivity contribution in [2.45, 2.75) is 19.8 Å². The van der Waals surface area contributed by atoms with Crippen LogP contribution in [-0.2, 0) is 12.8 Å². The SMILES string of the molecule is CCc1ccc(-c2ccccc2)cc1.Oc1ccc2c(c1)NCC2. The highest BCUT2D eigenvalue weighted by Gasteiger charge is 2.08. The van der Waals surface area contributed by atoms with E-state index in [-0.39, 0.29) is 0 Å². The van der Waals surface area contributed by atoms with E-state index in [0.717, 1.165) is 25.1 Å². The van der Waals surface area contributed by atoms with Crippen LogP contribution in [0.25, 0.3) is 11.1 Å². The van der Waals surface area contributed by atoms with Gasteiger partial charge in [-0.05, 0) is 41.2 Å². The number of phenolic OH excluding ortho intramolecular Hbond substituents is 1. The maximum absolute atomic E-state index is 9.06. The van der Waals surface area contributed by atoms with Crippen molar-refractivity contribution in [3.63, 3.8) is 0 Å². The van der Waals surface area contributed by atoms with Gasteiger partial charge in [0.1, 0.15) is 5.75 Å². The molecule has 122 valence electrons. The molecule has 1 aliphatic heterocycles. The van der Waals surface area contributed by atoms with Crippen molar-refractivity contribution in [3.05, 3.63) is 83.9 Å². The summed E-state index contributed by atoms with van der Waals surface area (Å²) in [5.41, 5.74) is 6.36. The minimum atomic E-state index is 0.341. The summed E-state index contributed by atoms with van der Waals surface area (Å²) in [5, 5.41) is 12.2. The van der Waals surface area contributed by atoms with Gasteiger partial charge in [0.25, 0.3) is 0 Å². The number of nitrogens with one attached hydrogen (secondary N) is 1. The predicted molar refractivity (Wildman–Crippen MR) is 102 cm³/mol. The molecular weight excluding hydrogens is 294 g/mol. The van der Waals surface area contributed by atoms with Crippen LogP contribution in [0, 0.1) is 0 Å². The fourth-order valence-electron chi connectivity index (χ4n) is 2.84. The molecule has 2 nitrogen and oxygen atoms in total. The van der Waals surface area contributed by atoms with E-state index in [4.69, 9.17) is 5.11 Å². The molecule has 3 aromatic carbocycles. The summed E-state index contributed by atoms with van der Waals surface area (Å²) in [7, 11) is 0. The summed E-state index contributed by atoms with van der Waals surface area (Å²) >= 11 is 0. The Balaban J connectivity index is 0.000000149. The molecule has 0 radical (unpaired) electrons. The molecule has 0 bridgehead atoms. The fourth-order valence-corrected chi connectivity index (χ4v) is 2.84. The Bertz CT molecular complexity index is 779. The van der Waals surface area contributed by atoms with Crippen LogP contribution in [-0.4, -0.2) is 11.7 Å². The van der Waals surface area contributed by atoms with Gasteiger partial charge in [-0.2, -0.15) is 0 Å². The van der Waals surface area contributed by atoms with Crippen LogP contribution in [0.2, 0.25) is 0 Å². The van der Waals surface area contributed by atoms with Crippen LogP contribution >= 0.6 is 0 Å². The summed E-state index contributed by atoms with van der Waals surface area (Å²) in [6, 6.07) is 24.7. The molecule has 2 heteroatoms. The van der Waals surface area contributed by atoms with Crippen LogP contribution in [0.4, 0.5) is 5.69 Å². The van der Waals surface area contributed by atoms with Crippen molar-refractivity contribution in [2.75, 3.05) is 11.9 Å². The van der Waals surface area contributed by atoms with E-state index in [1.807, 2.05) is 12.1 Å². The van der Waals surface area contributed by atoms with Crippen molar-refractivity contribution in [2.24, 2.45) is 0 Å². The van der Waals surface area contributed by atoms with Crippen LogP contribution < -0.4 is 5.32 Å². The minimum absolute atomic E-state index is 0.341. The third kappa shape index (κ3) is 3.96. The first-order valence-electron chi connectivity index (χ1n) is 8.46. The van der Waals surface area contributed by atoms with E-state index in [2.05, 4.69) is 60.8 Å². The maximum Gasteiger partial charge on any atom is 0.117 e.